The van der Waals surface area contributed by atoms with Crippen molar-refractivity contribution in [2.75, 3.05) is 0 Å². The van der Waals surface area contributed by atoms with Crippen molar-refractivity contribution in [1.29, 1.82) is 0 Å². The molecule has 0 spiro atoms. The maximum absolute atomic E-state index is 13.7. The second-order valence-electron chi connectivity index (χ2n) is 4.49. The van der Waals surface area contributed by atoms with Crippen LogP contribution in [0.1, 0.15) is 25.1 Å². The number of halogens is 3. The number of nitrogens with two attached hydrogens (primary N) is 1. The molecule has 0 aliphatic heterocycles. The van der Waals surface area contributed by atoms with Crippen LogP contribution >= 0.6 is 34.2 Å². The Bertz CT molecular complexity index is 644. The number of imidazole rings is 1. The van der Waals surface area contributed by atoms with Gasteiger partial charge in [0.2, 0.25) is 5.91 Å². The molecule has 0 radical (unpaired) electrons. The second kappa shape index (κ2) is 6.71. The summed E-state index contributed by atoms with van der Waals surface area (Å²) in [5.41, 5.74) is 6.58. The minimum Gasteiger partial charge on any atom is -0.370 e. The maximum Gasteiger partial charge on any atom is 0.217 e. The average Bonchev–Trinajstić information content (AvgIpc) is 2.72. The molecule has 1 aromatic heterocycles. The molecule has 7 heteroatoms. The summed E-state index contributed by atoms with van der Waals surface area (Å²) in [5.74, 6) is 0.404. The summed E-state index contributed by atoms with van der Waals surface area (Å²) in [6, 6.07) is 3.19. The van der Waals surface area contributed by atoms with Crippen molar-refractivity contribution in [3.8, 4) is 0 Å². The van der Waals surface area contributed by atoms with E-state index < -0.39 is 0 Å². The minimum absolute atomic E-state index is 0.266. The van der Waals surface area contributed by atoms with Gasteiger partial charge in [0.15, 0.2) is 0 Å². The molecule has 1 amide bonds. The number of nitrogens with zero attached hydrogens (tertiary/aromatic N) is 2. The monoisotopic (exact) mass is 409 g/mol. The molecule has 0 aliphatic rings. The highest BCUT2D eigenvalue weighted by atomic mass is 127. The zero-order valence-electron chi connectivity index (χ0n) is 10.7. The number of aryl methyl sites for hydroxylation is 1. The van der Waals surface area contributed by atoms with Crippen molar-refractivity contribution in [3.63, 3.8) is 0 Å². The molecule has 0 saturated carbocycles. The highest BCUT2D eigenvalue weighted by Crippen LogP contribution is 2.23. The van der Waals surface area contributed by atoms with Crippen LogP contribution in [0.5, 0.6) is 0 Å². The lowest BCUT2D eigenvalue weighted by atomic mass is 10.2. The first-order chi connectivity index (χ1) is 9.52. The van der Waals surface area contributed by atoms with Crippen molar-refractivity contribution >= 4 is 51.1 Å². The predicted molar refractivity (Wildman–Crippen MR) is 85.0 cm³/mol. The van der Waals surface area contributed by atoms with Gasteiger partial charge in [-0.1, -0.05) is 0 Å². The summed E-state index contributed by atoms with van der Waals surface area (Å²) in [5, 5.41) is 0. The van der Waals surface area contributed by atoms with E-state index in [0.29, 0.717) is 28.8 Å². The summed E-state index contributed by atoms with van der Waals surface area (Å²) in [6.45, 7) is 0.645. The molecule has 2 rings (SSSR count). The molecule has 1 aromatic carbocycles. The van der Waals surface area contributed by atoms with Gasteiger partial charge in [0.1, 0.15) is 11.6 Å². The quantitative estimate of drug-likeness (QED) is 0.452. The number of fused-ring (bicyclic) bond motifs is 1. The van der Waals surface area contributed by atoms with Crippen LogP contribution in [-0.2, 0) is 17.2 Å². The molecule has 1 heterocycles. The number of hydrogen-bond donors (Lipinski definition) is 1. The third kappa shape index (κ3) is 3.41. The first-order valence-corrected chi connectivity index (χ1v) is 7.82. The molecule has 0 atom stereocenters. The lowest BCUT2D eigenvalue weighted by Crippen LogP contribution is -2.10. The van der Waals surface area contributed by atoms with Gasteiger partial charge in [0.25, 0.3) is 0 Å². The Kier molecular flexibility index (Phi) is 5.20. The summed E-state index contributed by atoms with van der Waals surface area (Å²) in [6.07, 6.45) is 1.82. The van der Waals surface area contributed by atoms with Crippen LogP contribution < -0.4 is 5.73 Å². The lowest BCUT2D eigenvalue weighted by Gasteiger charge is -2.07. The van der Waals surface area contributed by atoms with Crippen molar-refractivity contribution in [2.24, 2.45) is 5.73 Å². The van der Waals surface area contributed by atoms with Crippen LogP contribution in [0.15, 0.2) is 12.1 Å². The van der Waals surface area contributed by atoms with Gasteiger partial charge >= 0.3 is 0 Å². The minimum atomic E-state index is -0.307. The maximum atomic E-state index is 13.7. The summed E-state index contributed by atoms with van der Waals surface area (Å²) in [7, 11) is 0. The Labute approximate surface area is 134 Å². The number of primary amides is 1. The van der Waals surface area contributed by atoms with Gasteiger partial charge in [-0.05, 0) is 41.5 Å². The van der Waals surface area contributed by atoms with E-state index in [9.17, 15) is 9.18 Å². The van der Waals surface area contributed by atoms with Crippen LogP contribution in [0.25, 0.3) is 11.0 Å². The normalized spacial score (nSPS) is 11.2. The molecule has 0 saturated heterocycles. The van der Waals surface area contributed by atoms with E-state index in [-0.39, 0.29) is 17.6 Å². The molecule has 20 heavy (non-hydrogen) atoms. The first-order valence-electron chi connectivity index (χ1n) is 6.21. The van der Waals surface area contributed by atoms with Gasteiger partial charge in [-0.15, -0.1) is 11.6 Å². The highest BCUT2D eigenvalue weighted by Gasteiger charge is 2.12. The Morgan fingerprint density at radius 1 is 1.45 bits per heavy atom. The Morgan fingerprint density at radius 3 is 2.85 bits per heavy atom. The number of alkyl halides is 1. The van der Waals surface area contributed by atoms with Crippen molar-refractivity contribution < 1.29 is 9.18 Å². The van der Waals surface area contributed by atoms with Crippen molar-refractivity contribution in [2.45, 2.75) is 31.7 Å². The zero-order chi connectivity index (χ0) is 14.7. The van der Waals surface area contributed by atoms with E-state index in [2.05, 4.69) is 4.98 Å². The number of aromatic nitrogens is 2. The number of carbonyl (C=O) groups is 1. The Morgan fingerprint density at radius 2 is 2.20 bits per heavy atom. The molecule has 108 valence electrons. The number of benzene rings is 1. The zero-order valence-corrected chi connectivity index (χ0v) is 13.6. The van der Waals surface area contributed by atoms with Crippen LogP contribution in [0.2, 0.25) is 0 Å². The summed E-state index contributed by atoms with van der Waals surface area (Å²) >= 11 is 7.83. The van der Waals surface area contributed by atoms with E-state index in [1.807, 2.05) is 27.2 Å². The van der Waals surface area contributed by atoms with E-state index >= 15 is 0 Å². The van der Waals surface area contributed by atoms with E-state index in [0.717, 1.165) is 17.5 Å². The van der Waals surface area contributed by atoms with Crippen LogP contribution in [-0.4, -0.2) is 15.5 Å². The summed E-state index contributed by atoms with van der Waals surface area (Å²) in [4.78, 5) is 15.1. The molecule has 0 fully saturated rings. The first kappa shape index (κ1) is 15.5. The molecule has 0 bridgehead atoms. The van der Waals surface area contributed by atoms with Crippen LogP contribution in [0.3, 0.4) is 0 Å². The van der Waals surface area contributed by atoms with Crippen molar-refractivity contribution in [1.82, 2.24) is 9.55 Å². The fraction of sp³-hybridized carbons (Fsp3) is 0.385. The molecular weight excluding hydrogens is 396 g/mol. The fourth-order valence-electron chi connectivity index (χ4n) is 2.09. The average molecular weight is 410 g/mol. The van der Waals surface area contributed by atoms with Gasteiger partial charge in [-0.3, -0.25) is 4.79 Å². The smallest absolute Gasteiger partial charge is 0.217 e. The Balaban J connectivity index is 2.25. The predicted octanol–water partition coefficient (Wildman–Crippen LogP) is 3.17. The van der Waals surface area contributed by atoms with Gasteiger partial charge in [-0.2, -0.15) is 0 Å². The van der Waals surface area contributed by atoms with Gasteiger partial charge in [-0.25, -0.2) is 9.37 Å². The molecule has 0 unspecified atom stereocenters. The summed E-state index contributed by atoms with van der Waals surface area (Å²) < 4.78 is 16.1. The second-order valence-corrected chi connectivity index (χ2v) is 5.92. The standard InChI is InChI=1S/C13H14ClFIN3O/c14-7-13-18-10-6-9(16)8(15)5-11(10)19(13)4-2-1-3-12(17)20/h5-6H,1-4,7H2,(H2,17,20). The third-order valence-corrected chi connectivity index (χ3v) is 4.11. The number of hydrogen-bond acceptors (Lipinski definition) is 2. The molecule has 2 aromatic rings. The van der Waals surface area contributed by atoms with E-state index in [1.165, 1.54) is 6.07 Å². The van der Waals surface area contributed by atoms with Crippen LogP contribution in [0, 0.1) is 9.39 Å². The van der Waals surface area contributed by atoms with E-state index in [1.54, 1.807) is 6.07 Å². The van der Waals surface area contributed by atoms with Gasteiger partial charge in [0, 0.05) is 19.0 Å². The lowest BCUT2D eigenvalue weighted by molar-refractivity contribution is -0.118. The SMILES string of the molecule is NC(=O)CCCCn1c(CCl)nc2cc(I)c(F)cc21. The number of rotatable bonds is 6. The third-order valence-electron chi connectivity index (χ3n) is 3.04. The fourth-order valence-corrected chi connectivity index (χ4v) is 2.75. The van der Waals surface area contributed by atoms with Gasteiger partial charge in [0.05, 0.1) is 20.5 Å². The molecule has 4 nitrogen and oxygen atoms in total. The Hall–Kier alpha value is -0.890. The largest absolute Gasteiger partial charge is 0.370 e. The number of unbranched alkanes of at least 4 members (excludes halogenated alkanes) is 1. The molecule has 0 aliphatic carbocycles. The molecule has 2 N–H and O–H groups in total. The number of amides is 1. The molecular formula is C13H14ClFIN3O. The number of carbonyl (C=O) groups excluding carboxylic acids is 1. The van der Waals surface area contributed by atoms with Crippen molar-refractivity contribution in [3.05, 3.63) is 27.3 Å². The highest BCUT2D eigenvalue weighted by molar-refractivity contribution is 14.1. The van der Waals surface area contributed by atoms with Crippen LogP contribution in [0.4, 0.5) is 4.39 Å². The topological polar surface area (TPSA) is 60.9 Å². The van der Waals surface area contributed by atoms with Gasteiger partial charge < -0.3 is 10.3 Å². The van der Waals surface area contributed by atoms with E-state index in [4.69, 9.17) is 17.3 Å².